The normalized spacial score (nSPS) is 11.2. The van der Waals surface area contributed by atoms with Gasteiger partial charge in [0.15, 0.2) is 5.16 Å². The van der Waals surface area contributed by atoms with Crippen molar-refractivity contribution >= 4 is 28.2 Å². The largest absolute Gasteiger partial charge is 0.399 e. The van der Waals surface area contributed by atoms with Crippen LogP contribution in [-0.4, -0.2) is 14.8 Å². The second-order valence-corrected chi connectivity index (χ2v) is 8.24. The molecule has 0 saturated heterocycles. The van der Waals surface area contributed by atoms with Crippen LogP contribution in [0.4, 0.5) is 5.69 Å². The van der Waals surface area contributed by atoms with Crippen LogP contribution in [0.15, 0.2) is 71.9 Å². The van der Waals surface area contributed by atoms with E-state index in [0.29, 0.717) is 0 Å². The van der Waals surface area contributed by atoms with Gasteiger partial charge in [0.25, 0.3) is 0 Å². The fraction of sp³-hybridized carbons (Fsp3) is 0.250. The summed E-state index contributed by atoms with van der Waals surface area (Å²) in [7, 11) is 0. The van der Waals surface area contributed by atoms with Crippen molar-refractivity contribution < 1.29 is 0 Å². The van der Waals surface area contributed by atoms with Crippen molar-refractivity contribution in [3.8, 4) is 0 Å². The van der Waals surface area contributed by atoms with Crippen molar-refractivity contribution in [2.24, 2.45) is 0 Å². The topological polar surface area (TPSA) is 56.7 Å². The molecule has 5 heteroatoms. The van der Waals surface area contributed by atoms with Gasteiger partial charge in [-0.1, -0.05) is 79.7 Å². The maximum absolute atomic E-state index is 5.84. The van der Waals surface area contributed by atoms with Crippen LogP contribution in [0.1, 0.15) is 36.7 Å². The number of fused-ring (bicyclic) bond motifs is 1. The minimum absolute atomic E-state index is 0.770. The zero-order valence-corrected chi connectivity index (χ0v) is 17.5. The molecule has 1 aromatic heterocycles. The van der Waals surface area contributed by atoms with Gasteiger partial charge in [-0.05, 0) is 40.5 Å². The smallest absolute Gasteiger partial charge is 0.191 e. The summed E-state index contributed by atoms with van der Waals surface area (Å²) in [5.74, 6) is 1.93. The van der Waals surface area contributed by atoms with Gasteiger partial charge in [0.2, 0.25) is 0 Å². The Morgan fingerprint density at radius 2 is 1.66 bits per heavy atom. The molecular formula is C24H26N4S. The Labute approximate surface area is 176 Å². The summed E-state index contributed by atoms with van der Waals surface area (Å²) in [6.45, 7) is 2.97. The van der Waals surface area contributed by atoms with Gasteiger partial charge >= 0.3 is 0 Å². The van der Waals surface area contributed by atoms with Gasteiger partial charge in [-0.15, -0.1) is 10.2 Å². The highest BCUT2D eigenvalue weighted by molar-refractivity contribution is 7.98. The van der Waals surface area contributed by atoms with Crippen LogP contribution in [0.5, 0.6) is 0 Å². The molecule has 0 unspecified atom stereocenters. The van der Waals surface area contributed by atoms with E-state index in [0.717, 1.165) is 48.2 Å². The first-order valence-electron chi connectivity index (χ1n) is 10.1. The van der Waals surface area contributed by atoms with E-state index in [4.69, 9.17) is 5.73 Å². The first-order chi connectivity index (χ1) is 14.2. The molecule has 4 aromatic rings. The highest BCUT2D eigenvalue weighted by Crippen LogP contribution is 2.25. The van der Waals surface area contributed by atoms with Crippen molar-refractivity contribution in [1.82, 2.24) is 14.8 Å². The molecule has 0 radical (unpaired) electrons. The van der Waals surface area contributed by atoms with Crippen LogP contribution in [0.25, 0.3) is 10.8 Å². The van der Waals surface area contributed by atoms with Crippen LogP contribution >= 0.6 is 11.8 Å². The number of nitrogens with zero attached hydrogens (tertiary/aromatic N) is 3. The Morgan fingerprint density at radius 1 is 0.897 bits per heavy atom. The minimum Gasteiger partial charge on any atom is -0.399 e. The van der Waals surface area contributed by atoms with Gasteiger partial charge in [-0.3, -0.25) is 0 Å². The van der Waals surface area contributed by atoms with Gasteiger partial charge < -0.3 is 10.3 Å². The molecule has 0 bridgehead atoms. The average molecular weight is 403 g/mol. The summed E-state index contributed by atoms with van der Waals surface area (Å²) in [6, 6.07) is 23.2. The molecule has 0 aliphatic carbocycles. The summed E-state index contributed by atoms with van der Waals surface area (Å²) in [4.78, 5) is 0. The van der Waals surface area contributed by atoms with E-state index < -0.39 is 0 Å². The fourth-order valence-corrected chi connectivity index (χ4v) is 4.29. The van der Waals surface area contributed by atoms with Gasteiger partial charge in [-0.25, -0.2) is 0 Å². The fourth-order valence-electron chi connectivity index (χ4n) is 3.39. The number of anilines is 1. The predicted molar refractivity (Wildman–Crippen MR) is 122 cm³/mol. The number of unbranched alkanes of at least 4 members (excludes halogenated alkanes) is 1. The molecule has 0 amide bonds. The second kappa shape index (κ2) is 9.14. The van der Waals surface area contributed by atoms with E-state index in [2.05, 4.69) is 76.3 Å². The van der Waals surface area contributed by atoms with Gasteiger partial charge in [0.1, 0.15) is 5.82 Å². The molecule has 4 nitrogen and oxygen atoms in total. The summed E-state index contributed by atoms with van der Waals surface area (Å²) in [5, 5.41) is 12.5. The number of aryl methyl sites for hydroxylation is 1. The lowest BCUT2D eigenvalue weighted by molar-refractivity contribution is 0.642. The third-order valence-electron chi connectivity index (χ3n) is 5.05. The molecule has 0 spiro atoms. The molecule has 0 aliphatic rings. The standard InChI is InChI=1S/C24H26N4S/c1-2-3-8-23-26-27-24(28(23)16-18-10-13-22(25)14-11-18)29-17-19-9-12-20-6-4-5-7-21(20)15-19/h4-7,9-15H,2-3,8,16-17,25H2,1H3. The van der Waals surface area contributed by atoms with E-state index in [1.165, 1.54) is 21.9 Å². The third-order valence-corrected chi connectivity index (χ3v) is 6.09. The van der Waals surface area contributed by atoms with Crippen LogP contribution < -0.4 is 5.73 Å². The Hall–Kier alpha value is -2.79. The van der Waals surface area contributed by atoms with Crippen molar-refractivity contribution in [3.05, 3.63) is 83.7 Å². The Bertz CT molecular complexity index is 1090. The molecule has 3 aromatic carbocycles. The third kappa shape index (κ3) is 4.80. The zero-order chi connectivity index (χ0) is 20.1. The minimum atomic E-state index is 0.770. The molecule has 1 heterocycles. The molecule has 4 rings (SSSR count). The molecule has 29 heavy (non-hydrogen) atoms. The lowest BCUT2D eigenvalue weighted by atomic mass is 10.1. The second-order valence-electron chi connectivity index (χ2n) is 7.30. The summed E-state index contributed by atoms with van der Waals surface area (Å²) < 4.78 is 2.26. The van der Waals surface area contributed by atoms with E-state index >= 15 is 0 Å². The van der Waals surface area contributed by atoms with Gasteiger partial charge in [-0.2, -0.15) is 0 Å². The van der Waals surface area contributed by atoms with E-state index in [1.807, 2.05) is 12.1 Å². The number of rotatable bonds is 8. The number of nitrogen functional groups attached to an aromatic ring is 1. The van der Waals surface area contributed by atoms with Crippen LogP contribution in [0, 0.1) is 0 Å². The van der Waals surface area contributed by atoms with E-state index in [-0.39, 0.29) is 0 Å². The summed E-state index contributed by atoms with van der Waals surface area (Å²) in [5.41, 5.74) is 9.14. The summed E-state index contributed by atoms with van der Waals surface area (Å²) >= 11 is 1.75. The van der Waals surface area contributed by atoms with E-state index in [1.54, 1.807) is 11.8 Å². The van der Waals surface area contributed by atoms with Crippen molar-refractivity contribution in [1.29, 1.82) is 0 Å². The SMILES string of the molecule is CCCCc1nnc(SCc2ccc3ccccc3c2)n1Cc1ccc(N)cc1. The molecular weight excluding hydrogens is 376 g/mol. The number of thioether (sulfide) groups is 1. The highest BCUT2D eigenvalue weighted by atomic mass is 32.2. The number of hydrogen-bond acceptors (Lipinski definition) is 4. The van der Waals surface area contributed by atoms with E-state index in [9.17, 15) is 0 Å². The maximum atomic E-state index is 5.84. The summed E-state index contributed by atoms with van der Waals surface area (Å²) in [6.07, 6.45) is 3.22. The monoisotopic (exact) mass is 402 g/mol. The number of aromatic nitrogens is 3. The molecule has 0 atom stereocenters. The lowest BCUT2D eigenvalue weighted by Gasteiger charge is -2.11. The average Bonchev–Trinajstić information content (AvgIpc) is 3.13. The molecule has 148 valence electrons. The first-order valence-corrected chi connectivity index (χ1v) is 11.1. The quantitative estimate of drug-likeness (QED) is 0.303. The predicted octanol–water partition coefficient (Wildman–Crippen LogP) is 5.70. The van der Waals surface area contributed by atoms with Crippen molar-refractivity contribution in [3.63, 3.8) is 0 Å². The Balaban J connectivity index is 1.54. The zero-order valence-electron chi connectivity index (χ0n) is 16.7. The first kappa shape index (κ1) is 19.5. The molecule has 2 N–H and O–H groups in total. The van der Waals surface area contributed by atoms with Crippen LogP contribution in [-0.2, 0) is 18.7 Å². The Kier molecular flexibility index (Phi) is 6.15. The molecule has 0 fully saturated rings. The van der Waals surface area contributed by atoms with Crippen LogP contribution in [0.3, 0.4) is 0 Å². The number of nitrogens with two attached hydrogens (primary N) is 1. The Morgan fingerprint density at radius 3 is 2.45 bits per heavy atom. The molecule has 0 aliphatic heterocycles. The van der Waals surface area contributed by atoms with Gasteiger partial charge in [0.05, 0.1) is 6.54 Å². The maximum Gasteiger partial charge on any atom is 0.191 e. The van der Waals surface area contributed by atoms with Crippen molar-refractivity contribution in [2.75, 3.05) is 5.73 Å². The highest BCUT2D eigenvalue weighted by Gasteiger charge is 2.13. The number of benzene rings is 3. The molecule has 0 saturated carbocycles. The van der Waals surface area contributed by atoms with Crippen LogP contribution in [0.2, 0.25) is 0 Å². The lowest BCUT2D eigenvalue weighted by Crippen LogP contribution is -2.07. The number of hydrogen-bond donors (Lipinski definition) is 1. The van der Waals surface area contributed by atoms with Gasteiger partial charge in [0, 0.05) is 17.9 Å². The van der Waals surface area contributed by atoms with Crippen molar-refractivity contribution in [2.45, 2.75) is 43.6 Å².